The largest absolute Gasteiger partial charge is 0.381 e. The summed E-state index contributed by atoms with van der Waals surface area (Å²) in [6.07, 6.45) is 8.03. The number of pyridine rings is 1. The molecule has 25 heavy (non-hydrogen) atoms. The maximum Gasteiger partial charge on any atom is 0.248 e. The fourth-order valence-corrected chi connectivity index (χ4v) is 2.13. The molecule has 0 radical (unpaired) electrons. The van der Waals surface area contributed by atoms with Crippen LogP contribution in [0.3, 0.4) is 0 Å². The molecule has 0 atom stereocenters. The van der Waals surface area contributed by atoms with Gasteiger partial charge in [0, 0.05) is 24.2 Å². The molecule has 0 saturated heterocycles. The summed E-state index contributed by atoms with van der Waals surface area (Å²) in [5.41, 5.74) is 8.18. The molecule has 0 spiro atoms. The quantitative estimate of drug-likeness (QED) is 0.714. The number of nitrogens with zero attached hydrogens (tertiary/aromatic N) is 4. The number of carbonyl (C=O) groups excluding carboxylic acids is 1. The Morgan fingerprint density at radius 3 is 2.72 bits per heavy atom. The third-order valence-electron chi connectivity index (χ3n) is 3.37. The lowest BCUT2D eigenvalue weighted by molar-refractivity contribution is -0.111. The Labute approximate surface area is 144 Å². The first-order valence-electron chi connectivity index (χ1n) is 7.40. The van der Waals surface area contributed by atoms with Gasteiger partial charge in [0.1, 0.15) is 11.6 Å². The van der Waals surface area contributed by atoms with Crippen LogP contribution in [0.2, 0.25) is 0 Å². The van der Waals surface area contributed by atoms with E-state index in [9.17, 15) is 4.79 Å². The fraction of sp³-hybridized carbons (Fsp3) is 0. The van der Waals surface area contributed by atoms with E-state index in [1.54, 1.807) is 55.0 Å². The number of aromatic nitrogens is 3. The molecule has 0 aliphatic rings. The van der Waals surface area contributed by atoms with Crippen molar-refractivity contribution in [2.45, 2.75) is 0 Å². The molecule has 0 aliphatic heterocycles. The molecule has 0 bridgehead atoms. The number of rotatable bonds is 4. The molecule has 7 heteroatoms. The Balaban J connectivity index is 1.67. The zero-order chi connectivity index (χ0) is 17.6. The summed E-state index contributed by atoms with van der Waals surface area (Å²) in [7, 11) is 0. The van der Waals surface area contributed by atoms with Crippen molar-refractivity contribution < 1.29 is 4.79 Å². The zero-order valence-corrected chi connectivity index (χ0v) is 13.1. The molecule has 7 nitrogen and oxygen atoms in total. The number of amides is 1. The Morgan fingerprint density at radius 1 is 1.28 bits per heavy atom. The van der Waals surface area contributed by atoms with Crippen LogP contribution in [0.25, 0.3) is 11.8 Å². The van der Waals surface area contributed by atoms with Crippen molar-refractivity contribution in [2.24, 2.45) is 0 Å². The first-order chi connectivity index (χ1) is 12.2. The molecule has 1 aromatic carbocycles. The van der Waals surface area contributed by atoms with Gasteiger partial charge in [0.2, 0.25) is 5.91 Å². The molecule has 122 valence electrons. The van der Waals surface area contributed by atoms with Crippen molar-refractivity contribution in [1.29, 1.82) is 5.26 Å². The van der Waals surface area contributed by atoms with E-state index in [1.165, 1.54) is 10.8 Å². The summed E-state index contributed by atoms with van der Waals surface area (Å²) in [5, 5.41) is 15.8. The number of nitriles is 1. The Morgan fingerprint density at radius 2 is 2.08 bits per heavy atom. The average molecular weight is 330 g/mol. The van der Waals surface area contributed by atoms with E-state index < -0.39 is 0 Å². The van der Waals surface area contributed by atoms with Gasteiger partial charge in [-0.15, -0.1) is 5.10 Å². The van der Waals surface area contributed by atoms with Gasteiger partial charge in [0.05, 0.1) is 11.9 Å². The van der Waals surface area contributed by atoms with Crippen molar-refractivity contribution in [2.75, 3.05) is 11.1 Å². The van der Waals surface area contributed by atoms with E-state index in [0.29, 0.717) is 11.3 Å². The molecule has 0 unspecified atom stereocenters. The summed E-state index contributed by atoms with van der Waals surface area (Å²) >= 11 is 0. The lowest BCUT2D eigenvalue weighted by Crippen LogP contribution is -2.07. The molecule has 0 fully saturated rings. The van der Waals surface area contributed by atoms with E-state index in [0.717, 1.165) is 11.3 Å². The Kier molecular flexibility index (Phi) is 4.53. The second kappa shape index (κ2) is 7.10. The molecule has 1 amide bonds. The second-order valence-electron chi connectivity index (χ2n) is 5.14. The van der Waals surface area contributed by atoms with Gasteiger partial charge in [-0.05, 0) is 42.0 Å². The second-order valence-corrected chi connectivity index (χ2v) is 5.14. The standard InChI is InChI=1S/C18H14N6O/c19-10-14-12-24(23-18(14)20)16-6-4-15(5-7-16)22-17(25)8-3-13-2-1-9-21-11-13/h1-9,11-12H,(H2,20,23)(H,22,25). The minimum atomic E-state index is -0.244. The highest BCUT2D eigenvalue weighted by Crippen LogP contribution is 2.16. The van der Waals surface area contributed by atoms with E-state index in [4.69, 9.17) is 11.0 Å². The summed E-state index contributed by atoms with van der Waals surface area (Å²) in [6, 6.07) is 12.7. The Hall–Kier alpha value is -3.92. The van der Waals surface area contributed by atoms with E-state index >= 15 is 0 Å². The maximum atomic E-state index is 11.9. The third-order valence-corrected chi connectivity index (χ3v) is 3.37. The highest BCUT2D eigenvalue weighted by atomic mass is 16.1. The molecule has 3 aromatic rings. The Bertz CT molecular complexity index is 951. The zero-order valence-electron chi connectivity index (χ0n) is 13.1. The maximum absolute atomic E-state index is 11.9. The van der Waals surface area contributed by atoms with Crippen LogP contribution >= 0.6 is 0 Å². The topological polar surface area (TPSA) is 110 Å². The van der Waals surface area contributed by atoms with Gasteiger partial charge in [0.25, 0.3) is 0 Å². The summed E-state index contributed by atoms with van der Waals surface area (Å²) in [5.74, 6) is -0.0629. The number of anilines is 2. The number of nitrogens with one attached hydrogen (secondary N) is 1. The van der Waals surface area contributed by atoms with Crippen LogP contribution in [-0.4, -0.2) is 20.7 Å². The normalized spacial score (nSPS) is 10.5. The smallest absolute Gasteiger partial charge is 0.248 e. The number of nitrogens with two attached hydrogens (primary N) is 1. The SMILES string of the molecule is N#Cc1cn(-c2ccc(NC(=O)C=Cc3cccnc3)cc2)nc1N. The van der Waals surface area contributed by atoms with Gasteiger partial charge in [-0.25, -0.2) is 4.68 Å². The number of benzene rings is 1. The first-order valence-corrected chi connectivity index (χ1v) is 7.40. The number of nitrogen functional groups attached to an aromatic ring is 1. The fourth-order valence-electron chi connectivity index (χ4n) is 2.13. The van der Waals surface area contributed by atoms with Crippen LogP contribution in [0.1, 0.15) is 11.1 Å². The molecule has 2 aromatic heterocycles. The van der Waals surface area contributed by atoms with E-state index in [1.807, 2.05) is 12.1 Å². The molecule has 3 N–H and O–H groups in total. The van der Waals surface area contributed by atoms with Crippen molar-refractivity contribution in [3.63, 3.8) is 0 Å². The monoisotopic (exact) mass is 330 g/mol. The van der Waals surface area contributed by atoms with Gasteiger partial charge in [-0.2, -0.15) is 5.26 Å². The number of hydrogen-bond donors (Lipinski definition) is 2. The van der Waals surface area contributed by atoms with Crippen molar-refractivity contribution in [1.82, 2.24) is 14.8 Å². The van der Waals surface area contributed by atoms with Crippen LogP contribution < -0.4 is 11.1 Å². The highest BCUT2D eigenvalue weighted by molar-refractivity contribution is 6.01. The van der Waals surface area contributed by atoms with Crippen molar-refractivity contribution in [3.05, 3.63) is 72.2 Å². The lowest BCUT2D eigenvalue weighted by atomic mass is 10.2. The summed E-state index contributed by atoms with van der Waals surface area (Å²) < 4.78 is 1.52. The molecule has 0 saturated carbocycles. The van der Waals surface area contributed by atoms with Crippen LogP contribution in [0, 0.1) is 11.3 Å². The van der Waals surface area contributed by atoms with Crippen molar-refractivity contribution >= 4 is 23.5 Å². The highest BCUT2D eigenvalue weighted by Gasteiger charge is 2.06. The van der Waals surface area contributed by atoms with E-state index in [-0.39, 0.29) is 11.7 Å². The van der Waals surface area contributed by atoms with Crippen LogP contribution in [0.5, 0.6) is 0 Å². The molecule has 3 rings (SSSR count). The van der Waals surface area contributed by atoms with Gasteiger partial charge in [-0.3, -0.25) is 9.78 Å². The molecule has 2 heterocycles. The molecule has 0 aliphatic carbocycles. The van der Waals surface area contributed by atoms with Gasteiger partial charge in [0.15, 0.2) is 5.82 Å². The summed E-state index contributed by atoms with van der Waals surface area (Å²) in [4.78, 5) is 15.9. The van der Waals surface area contributed by atoms with Crippen molar-refractivity contribution in [3.8, 4) is 11.8 Å². The van der Waals surface area contributed by atoms with Crippen LogP contribution in [0.15, 0.2) is 61.1 Å². The average Bonchev–Trinajstić information content (AvgIpc) is 3.02. The molecular formula is C18H14N6O. The van der Waals surface area contributed by atoms with Crippen LogP contribution in [-0.2, 0) is 4.79 Å². The van der Waals surface area contributed by atoms with Gasteiger partial charge >= 0.3 is 0 Å². The number of hydrogen-bond acceptors (Lipinski definition) is 5. The predicted molar refractivity (Wildman–Crippen MR) is 94.6 cm³/mol. The predicted octanol–water partition coefficient (Wildman–Crippen LogP) is 2.37. The minimum absolute atomic E-state index is 0.181. The summed E-state index contributed by atoms with van der Waals surface area (Å²) in [6.45, 7) is 0. The first kappa shape index (κ1) is 16.0. The minimum Gasteiger partial charge on any atom is -0.381 e. The van der Waals surface area contributed by atoms with E-state index in [2.05, 4.69) is 15.4 Å². The lowest BCUT2D eigenvalue weighted by Gasteiger charge is -2.05. The van der Waals surface area contributed by atoms with Gasteiger partial charge < -0.3 is 11.1 Å². The van der Waals surface area contributed by atoms with Crippen LogP contribution in [0.4, 0.5) is 11.5 Å². The molecular weight excluding hydrogens is 316 g/mol. The number of carbonyl (C=O) groups is 1. The third kappa shape index (κ3) is 3.89. The van der Waals surface area contributed by atoms with Gasteiger partial charge in [-0.1, -0.05) is 6.07 Å².